The summed E-state index contributed by atoms with van der Waals surface area (Å²) in [5.74, 6) is -0.587. The normalized spacial score (nSPS) is 15.7. The van der Waals surface area contributed by atoms with Crippen molar-refractivity contribution in [3.63, 3.8) is 0 Å². The number of halogens is 1. The number of carbonyl (C=O) groups is 2. The van der Waals surface area contributed by atoms with Gasteiger partial charge in [0.1, 0.15) is 5.75 Å². The van der Waals surface area contributed by atoms with Crippen LogP contribution in [0, 0.1) is 11.7 Å². The van der Waals surface area contributed by atoms with Gasteiger partial charge in [0.25, 0.3) is 0 Å². The Morgan fingerprint density at radius 3 is 2.47 bits per heavy atom. The lowest BCUT2D eigenvalue weighted by Gasteiger charge is -2.18. The molecule has 1 aliphatic heterocycles. The van der Waals surface area contributed by atoms with Crippen molar-refractivity contribution in [3.8, 4) is 23.0 Å². The van der Waals surface area contributed by atoms with Crippen LogP contribution in [0.2, 0.25) is 0 Å². The fourth-order valence-corrected chi connectivity index (χ4v) is 3.68. The molecule has 0 aliphatic carbocycles. The molecule has 9 heteroatoms. The number of pyridine rings is 1. The van der Waals surface area contributed by atoms with E-state index in [2.05, 4.69) is 4.98 Å². The van der Waals surface area contributed by atoms with E-state index in [1.54, 1.807) is 30.5 Å². The van der Waals surface area contributed by atoms with Crippen LogP contribution in [0.15, 0.2) is 42.6 Å². The number of amides is 1. The molecule has 2 aromatic carbocycles. The number of hydrogen-bond donors (Lipinski definition) is 0. The minimum Gasteiger partial charge on any atom is -0.493 e. The average Bonchev–Trinajstić information content (AvgIpc) is 3.20. The predicted octanol–water partition coefficient (Wildman–Crippen LogP) is 3.71. The molecule has 0 spiro atoms. The molecule has 1 amide bonds. The third-order valence-corrected chi connectivity index (χ3v) is 5.31. The van der Waals surface area contributed by atoms with Crippen molar-refractivity contribution in [1.82, 2.24) is 4.98 Å². The van der Waals surface area contributed by atoms with Crippen molar-refractivity contribution in [1.29, 1.82) is 0 Å². The van der Waals surface area contributed by atoms with Crippen molar-refractivity contribution in [2.75, 3.05) is 32.8 Å². The number of aromatic nitrogens is 1. The number of carbonyl (C=O) groups excluding carboxylic acids is 2. The van der Waals surface area contributed by atoms with Crippen LogP contribution in [0.3, 0.4) is 0 Å². The Balaban J connectivity index is 1.62. The van der Waals surface area contributed by atoms with Crippen LogP contribution < -0.4 is 19.1 Å². The quantitative estimate of drug-likeness (QED) is 0.540. The number of methoxy groups -OCH3 is 3. The Morgan fingerprint density at radius 1 is 1.03 bits per heavy atom. The molecule has 1 aromatic heterocycles. The summed E-state index contributed by atoms with van der Waals surface area (Å²) in [5, 5.41) is 0.615. The molecule has 1 saturated heterocycles. The molecule has 0 N–H and O–H groups in total. The molecule has 3 aromatic rings. The van der Waals surface area contributed by atoms with Crippen molar-refractivity contribution in [2.45, 2.75) is 6.42 Å². The smallest absolute Gasteiger partial charge is 0.311 e. The number of rotatable bonds is 6. The third-order valence-electron chi connectivity index (χ3n) is 5.31. The maximum absolute atomic E-state index is 14.9. The van der Waals surface area contributed by atoms with E-state index >= 15 is 0 Å². The molecule has 1 aliphatic rings. The van der Waals surface area contributed by atoms with Gasteiger partial charge in [0.2, 0.25) is 5.91 Å². The molecule has 0 saturated carbocycles. The first kappa shape index (κ1) is 21.4. The van der Waals surface area contributed by atoms with E-state index in [0.717, 1.165) is 0 Å². The van der Waals surface area contributed by atoms with Crippen LogP contribution >= 0.6 is 0 Å². The van der Waals surface area contributed by atoms with Crippen LogP contribution in [0.1, 0.15) is 6.42 Å². The summed E-state index contributed by atoms with van der Waals surface area (Å²) in [6.07, 6.45) is 1.58. The van der Waals surface area contributed by atoms with Gasteiger partial charge in [-0.1, -0.05) is 0 Å². The fourth-order valence-electron chi connectivity index (χ4n) is 3.68. The summed E-state index contributed by atoms with van der Waals surface area (Å²) < 4.78 is 36.1. The highest BCUT2D eigenvalue weighted by atomic mass is 19.1. The summed E-state index contributed by atoms with van der Waals surface area (Å²) in [6.45, 7) is 0.141. The molecule has 32 heavy (non-hydrogen) atoms. The predicted molar refractivity (Wildman–Crippen MR) is 114 cm³/mol. The van der Waals surface area contributed by atoms with Gasteiger partial charge in [-0.15, -0.1) is 0 Å². The summed E-state index contributed by atoms with van der Waals surface area (Å²) >= 11 is 0. The molecule has 0 radical (unpaired) electrons. The Labute approximate surface area is 183 Å². The SMILES string of the molecule is COC(=O)C1CC(=O)N(c2ccc(Oc3ccnc4cc(OC)c(OC)cc34)c(F)c2)C1. The number of ether oxygens (including phenoxy) is 4. The highest BCUT2D eigenvalue weighted by molar-refractivity contribution is 5.99. The first-order valence-corrected chi connectivity index (χ1v) is 9.81. The van der Waals surface area contributed by atoms with Crippen molar-refractivity contribution in [3.05, 3.63) is 48.4 Å². The number of nitrogens with zero attached hydrogens (tertiary/aromatic N) is 2. The molecule has 4 rings (SSSR count). The first-order chi connectivity index (χ1) is 15.4. The maximum Gasteiger partial charge on any atom is 0.311 e. The second-order valence-corrected chi connectivity index (χ2v) is 7.18. The number of anilines is 1. The Hall–Kier alpha value is -3.88. The Kier molecular flexibility index (Phi) is 5.81. The second-order valence-electron chi connectivity index (χ2n) is 7.18. The van der Waals surface area contributed by atoms with Gasteiger partial charge in [-0.25, -0.2) is 4.39 Å². The van der Waals surface area contributed by atoms with E-state index in [1.807, 2.05) is 0 Å². The molecular formula is C23H21FN2O6. The van der Waals surface area contributed by atoms with Crippen molar-refractivity contribution in [2.24, 2.45) is 5.92 Å². The van der Waals surface area contributed by atoms with Gasteiger partial charge in [-0.05, 0) is 24.3 Å². The highest BCUT2D eigenvalue weighted by Gasteiger charge is 2.36. The first-order valence-electron chi connectivity index (χ1n) is 9.81. The van der Waals surface area contributed by atoms with E-state index in [9.17, 15) is 14.0 Å². The van der Waals surface area contributed by atoms with E-state index in [0.29, 0.717) is 33.8 Å². The zero-order chi connectivity index (χ0) is 22.8. The second kappa shape index (κ2) is 8.70. The van der Waals surface area contributed by atoms with Gasteiger partial charge in [-0.3, -0.25) is 14.6 Å². The molecule has 1 fully saturated rings. The van der Waals surface area contributed by atoms with Gasteiger partial charge in [0.05, 0.1) is 32.8 Å². The molecule has 1 unspecified atom stereocenters. The van der Waals surface area contributed by atoms with Gasteiger partial charge in [-0.2, -0.15) is 0 Å². The average molecular weight is 440 g/mol. The molecule has 8 nitrogen and oxygen atoms in total. The topological polar surface area (TPSA) is 87.2 Å². The number of benzene rings is 2. The van der Waals surface area contributed by atoms with Crippen molar-refractivity contribution >= 4 is 28.5 Å². The van der Waals surface area contributed by atoms with Crippen LogP contribution in [0.4, 0.5) is 10.1 Å². The molecule has 166 valence electrons. The third kappa shape index (κ3) is 3.89. The van der Waals surface area contributed by atoms with E-state index in [-0.39, 0.29) is 24.6 Å². The number of esters is 1. The summed E-state index contributed by atoms with van der Waals surface area (Å²) in [5.41, 5.74) is 0.936. The van der Waals surface area contributed by atoms with Gasteiger partial charge < -0.3 is 23.8 Å². The van der Waals surface area contributed by atoms with Gasteiger partial charge >= 0.3 is 5.97 Å². The zero-order valence-electron chi connectivity index (χ0n) is 17.8. The monoisotopic (exact) mass is 440 g/mol. The molecule has 0 bridgehead atoms. The fraction of sp³-hybridized carbons (Fsp3) is 0.261. The van der Waals surface area contributed by atoms with Crippen LogP contribution in [0.25, 0.3) is 10.9 Å². The molecule has 2 heterocycles. The largest absolute Gasteiger partial charge is 0.493 e. The van der Waals surface area contributed by atoms with Gasteiger partial charge in [0, 0.05) is 42.4 Å². The lowest BCUT2D eigenvalue weighted by molar-refractivity contribution is -0.145. The standard InChI is InChI=1S/C23H21FN2O6/c1-29-20-10-15-17(11-21(20)30-2)25-7-6-18(15)32-19-5-4-14(9-16(19)24)26-12-13(8-22(26)27)23(28)31-3/h4-7,9-11,13H,8,12H2,1-3H3. The minimum absolute atomic E-state index is 0.0211. The molecular weight excluding hydrogens is 419 g/mol. The lowest BCUT2D eigenvalue weighted by atomic mass is 10.1. The van der Waals surface area contributed by atoms with Crippen LogP contribution in [-0.2, 0) is 14.3 Å². The molecule has 1 atom stereocenters. The lowest BCUT2D eigenvalue weighted by Crippen LogP contribution is -2.26. The highest BCUT2D eigenvalue weighted by Crippen LogP contribution is 2.38. The number of fused-ring (bicyclic) bond motifs is 1. The van der Waals surface area contributed by atoms with E-state index in [4.69, 9.17) is 18.9 Å². The maximum atomic E-state index is 14.9. The Bertz CT molecular complexity index is 1200. The zero-order valence-corrected chi connectivity index (χ0v) is 17.8. The van der Waals surface area contributed by atoms with Crippen LogP contribution in [-0.4, -0.2) is 44.7 Å². The summed E-state index contributed by atoms with van der Waals surface area (Å²) in [4.78, 5) is 29.7. The van der Waals surface area contributed by atoms with E-state index < -0.39 is 17.7 Å². The Morgan fingerprint density at radius 2 is 1.78 bits per heavy atom. The van der Waals surface area contributed by atoms with E-state index in [1.165, 1.54) is 38.4 Å². The number of hydrogen-bond acceptors (Lipinski definition) is 7. The van der Waals surface area contributed by atoms with Crippen LogP contribution in [0.5, 0.6) is 23.0 Å². The van der Waals surface area contributed by atoms with Gasteiger partial charge in [0.15, 0.2) is 23.1 Å². The minimum atomic E-state index is -0.651. The van der Waals surface area contributed by atoms with Crippen molar-refractivity contribution < 1.29 is 32.9 Å². The summed E-state index contributed by atoms with van der Waals surface area (Å²) in [7, 11) is 4.32. The summed E-state index contributed by atoms with van der Waals surface area (Å²) in [6, 6.07) is 9.25.